The van der Waals surface area contributed by atoms with Crippen LogP contribution in [-0.4, -0.2) is 21.2 Å². The van der Waals surface area contributed by atoms with E-state index >= 15 is 0 Å². The lowest BCUT2D eigenvalue weighted by Crippen LogP contribution is -2.14. The zero-order chi connectivity index (χ0) is 13.5. The Morgan fingerprint density at radius 3 is 2.79 bits per heavy atom. The number of carbonyl (C=O) groups excluding carboxylic acids is 1. The fourth-order valence-electron chi connectivity index (χ4n) is 1.95. The van der Waals surface area contributed by atoms with Crippen LogP contribution in [0.2, 0.25) is 0 Å². The molecule has 1 atom stereocenters. The molecule has 1 amide bonds. The maximum atomic E-state index is 13.2. The molecule has 4 nitrogen and oxygen atoms in total. The molecule has 0 saturated heterocycles. The van der Waals surface area contributed by atoms with Crippen LogP contribution in [0.3, 0.4) is 0 Å². The molecule has 0 aliphatic heterocycles. The highest BCUT2D eigenvalue weighted by molar-refractivity contribution is 7.09. The Hall–Kier alpha value is -1.89. The van der Waals surface area contributed by atoms with Gasteiger partial charge in [0.25, 0.3) is 11.8 Å². The second-order valence-electron chi connectivity index (χ2n) is 4.31. The smallest absolute Gasteiger partial charge is 0.257 e. The minimum absolute atomic E-state index is 0.198. The van der Waals surface area contributed by atoms with Crippen molar-refractivity contribution in [1.82, 2.24) is 9.36 Å². The van der Waals surface area contributed by atoms with Crippen LogP contribution in [0.4, 0.5) is 13.9 Å². The lowest BCUT2D eigenvalue weighted by Gasteiger charge is -2.07. The van der Waals surface area contributed by atoms with Crippen molar-refractivity contribution in [1.29, 1.82) is 0 Å². The number of benzene rings is 1. The molecule has 3 rings (SSSR count). The molecule has 1 aliphatic carbocycles. The average molecular weight is 281 g/mol. The van der Waals surface area contributed by atoms with Crippen molar-refractivity contribution in [2.24, 2.45) is 0 Å². The molecule has 98 valence electrons. The summed E-state index contributed by atoms with van der Waals surface area (Å²) in [6, 6.07) is 6.42. The van der Waals surface area contributed by atoms with E-state index in [1.807, 2.05) is 0 Å². The standard InChI is InChI=1S/C12H9F2N3OS/c13-12(14)5-9(12)7-3-1-2-4-8(7)10(18)17-11-15-6-16-19-11/h1-4,6,9H,5H2,(H,15,16,17,18). The van der Waals surface area contributed by atoms with Crippen molar-refractivity contribution in [3.63, 3.8) is 0 Å². The fourth-order valence-corrected chi connectivity index (χ4v) is 2.38. The first-order chi connectivity index (χ1) is 9.08. The molecule has 0 spiro atoms. The summed E-state index contributed by atoms with van der Waals surface area (Å²) in [5, 5.41) is 2.90. The summed E-state index contributed by atoms with van der Waals surface area (Å²) in [6.07, 6.45) is 1.12. The van der Waals surface area contributed by atoms with Crippen molar-refractivity contribution >= 4 is 22.6 Å². The van der Waals surface area contributed by atoms with Gasteiger partial charge in [-0.15, -0.1) is 0 Å². The maximum absolute atomic E-state index is 13.2. The van der Waals surface area contributed by atoms with E-state index in [9.17, 15) is 13.6 Å². The van der Waals surface area contributed by atoms with Gasteiger partial charge in [0.1, 0.15) is 6.33 Å². The zero-order valence-corrected chi connectivity index (χ0v) is 10.5. The molecular formula is C12H9F2N3OS. The van der Waals surface area contributed by atoms with Crippen LogP contribution in [0.1, 0.15) is 28.3 Å². The number of halogens is 2. The highest BCUT2D eigenvalue weighted by Crippen LogP contribution is 2.56. The minimum Gasteiger partial charge on any atom is -0.297 e. The van der Waals surface area contributed by atoms with Crippen LogP contribution in [0, 0.1) is 0 Å². The third-order valence-corrected chi connectivity index (χ3v) is 3.57. The topological polar surface area (TPSA) is 54.9 Å². The van der Waals surface area contributed by atoms with E-state index in [1.54, 1.807) is 24.3 Å². The van der Waals surface area contributed by atoms with Crippen molar-refractivity contribution in [2.45, 2.75) is 18.3 Å². The quantitative estimate of drug-likeness (QED) is 0.941. The number of nitrogens with one attached hydrogen (secondary N) is 1. The lowest BCUT2D eigenvalue weighted by atomic mass is 10.0. The highest BCUT2D eigenvalue weighted by atomic mass is 32.1. The Labute approximate surface area is 111 Å². The molecule has 2 aromatic rings. The average Bonchev–Trinajstić information content (AvgIpc) is 2.78. The van der Waals surface area contributed by atoms with Gasteiger partial charge in [0, 0.05) is 23.5 Å². The maximum Gasteiger partial charge on any atom is 0.257 e. The zero-order valence-electron chi connectivity index (χ0n) is 9.64. The number of amides is 1. The van der Waals surface area contributed by atoms with E-state index in [2.05, 4.69) is 14.7 Å². The molecule has 0 bridgehead atoms. The molecular weight excluding hydrogens is 272 g/mol. The predicted molar refractivity (Wildman–Crippen MR) is 66.6 cm³/mol. The number of hydrogen-bond donors (Lipinski definition) is 1. The second kappa shape index (κ2) is 4.34. The molecule has 1 heterocycles. The Kier molecular flexibility index (Phi) is 2.78. The van der Waals surface area contributed by atoms with Gasteiger partial charge in [0.15, 0.2) is 0 Å². The summed E-state index contributed by atoms with van der Waals surface area (Å²) in [5.41, 5.74) is 0.648. The largest absolute Gasteiger partial charge is 0.297 e. The molecule has 19 heavy (non-hydrogen) atoms. The molecule has 1 aromatic carbocycles. The molecule has 1 aliphatic rings. The summed E-state index contributed by atoms with van der Waals surface area (Å²) in [4.78, 5) is 15.9. The van der Waals surface area contributed by atoms with Gasteiger partial charge in [0.2, 0.25) is 5.13 Å². The van der Waals surface area contributed by atoms with E-state index in [0.29, 0.717) is 10.7 Å². The fraction of sp³-hybridized carbons (Fsp3) is 0.250. The molecule has 1 unspecified atom stereocenters. The first kappa shape index (κ1) is 12.2. The summed E-state index contributed by atoms with van der Waals surface area (Å²) in [5.74, 6) is -3.99. The number of carbonyl (C=O) groups is 1. The first-order valence-corrected chi connectivity index (χ1v) is 6.40. The number of aromatic nitrogens is 2. The Morgan fingerprint density at radius 1 is 1.42 bits per heavy atom. The van der Waals surface area contributed by atoms with E-state index in [0.717, 1.165) is 11.5 Å². The van der Waals surface area contributed by atoms with Gasteiger partial charge in [-0.25, -0.2) is 13.8 Å². The van der Waals surface area contributed by atoms with Gasteiger partial charge < -0.3 is 0 Å². The van der Waals surface area contributed by atoms with Crippen LogP contribution >= 0.6 is 11.5 Å². The van der Waals surface area contributed by atoms with Gasteiger partial charge in [-0.3, -0.25) is 10.1 Å². The van der Waals surface area contributed by atoms with E-state index < -0.39 is 17.7 Å². The van der Waals surface area contributed by atoms with Crippen LogP contribution in [0.15, 0.2) is 30.6 Å². The van der Waals surface area contributed by atoms with Crippen molar-refractivity contribution in [3.8, 4) is 0 Å². The predicted octanol–water partition coefficient (Wildman–Crippen LogP) is 2.91. The minimum atomic E-state index is -2.70. The van der Waals surface area contributed by atoms with Gasteiger partial charge >= 0.3 is 0 Å². The third-order valence-electron chi connectivity index (χ3n) is 2.99. The Bertz CT molecular complexity index is 615. The number of alkyl halides is 2. The van der Waals surface area contributed by atoms with E-state index in [1.165, 1.54) is 6.33 Å². The van der Waals surface area contributed by atoms with Crippen LogP contribution in [-0.2, 0) is 0 Å². The second-order valence-corrected chi connectivity index (χ2v) is 5.09. The summed E-state index contributed by atoms with van der Waals surface area (Å²) in [6.45, 7) is 0. The molecule has 1 fully saturated rings. The van der Waals surface area contributed by atoms with E-state index in [4.69, 9.17) is 0 Å². The van der Waals surface area contributed by atoms with Crippen LogP contribution in [0.25, 0.3) is 0 Å². The molecule has 1 N–H and O–H groups in total. The molecule has 1 saturated carbocycles. The molecule has 0 radical (unpaired) electrons. The number of nitrogens with zero attached hydrogens (tertiary/aromatic N) is 2. The number of rotatable bonds is 3. The number of hydrogen-bond acceptors (Lipinski definition) is 4. The van der Waals surface area contributed by atoms with Gasteiger partial charge in [-0.05, 0) is 11.6 Å². The normalized spacial score (nSPS) is 20.0. The van der Waals surface area contributed by atoms with Crippen LogP contribution in [0.5, 0.6) is 0 Å². The monoisotopic (exact) mass is 281 g/mol. The molecule has 7 heteroatoms. The van der Waals surface area contributed by atoms with Crippen molar-refractivity contribution < 1.29 is 13.6 Å². The Balaban J connectivity index is 1.86. The summed E-state index contributed by atoms with van der Waals surface area (Å²) < 4.78 is 30.1. The summed E-state index contributed by atoms with van der Waals surface area (Å²) >= 11 is 1.03. The SMILES string of the molecule is O=C(Nc1ncns1)c1ccccc1C1CC1(F)F. The van der Waals surface area contributed by atoms with E-state index in [-0.39, 0.29) is 12.0 Å². The summed E-state index contributed by atoms with van der Waals surface area (Å²) in [7, 11) is 0. The highest BCUT2D eigenvalue weighted by Gasteiger charge is 2.58. The molecule has 1 aromatic heterocycles. The van der Waals surface area contributed by atoms with Crippen LogP contribution < -0.4 is 5.32 Å². The third kappa shape index (κ3) is 2.33. The van der Waals surface area contributed by atoms with Gasteiger partial charge in [-0.2, -0.15) is 4.37 Å². The lowest BCUT2D eigenvalue weighted by molar-refractivity contribution is 0.102. The van der Waals surface area contributed by atoms with Gasteiger partial charge in [0.05, 0.1) is 5.92 Å². The van der Waals surface area contributed by atoms with Crippen molar-refractivity contribution in [3.05, 3.63) is 41.7 Å². The first-order valence-electron chi connectivity index (χ1n) is 5.63. The van der Waals surface area contributed by atoms with Gasteiger partial charge in [-0.1, -0.05) is 18.2 Å². The number of anilines is 1. The Morgan fingerprint density at radius 2 is 2.16 bits per heavy atom. The van der Waals surface area contributed by atoms with Crippen molar-refractivity contribution in [2.75, 3.05) is 5.32 Å².